The Morgan fingerprint density at radius 1 is 1.26 bits per heavy atom. The zero-order valence-corrected chi connectivity index (χ0v) is 15.6. The summed E-state index contributed by atoms with van der Waals surface area (Å²) in [6.45, 7) is 4.51. The van der Waals surface area contributed by atoms with Crippen molar-refractivity contribution >= 4 is 29.4 Å². The van der Waals surface area contributed by atoms with E-state index in [1.807, 2.05) is 0 Å². The lowest BCUT2D eigenvalue weighted by Gasteiger charge is -2.48. The van der Waals surface area contributed by atoms with E-state index < -0.39 is 24.1 Å². The summed E-state index contributed by atoms with van der Waals surface area (Å²) in [5.74, 6) is -2.00. The van der Waals surface area contributed by atoms with Gasteiger partial charge in [0.25, 0.3) is 5.91 Å². The number of fused-ring (bicyclic) bond motifs is 3. The smallest absolute Gasteiger partial charge is 0.323 e. The molecule has 1 unspecified atom stereocenters. The number of hydrogen-bond acceptors (Lipinski definition) is 4. The molecule has 27 heavy (non-hydrogen) atoms. The van der Waals surface area contributed by atoms with Gasteiger partial charge in [-0.2, -0.15) is 0 Å². The van der Waals surface area contributed by atoms with Crippen LogP contribution in [0, 0.1) is 0 Å². The molecule has 3 rings (SSSR count). The SMILES string of the molecule is CC(C)N(CC(=O)O)C(=O)CN1C(=O)c2ccccc2N2C(=O)CCC12C. The summed E-state index contributed by atoms with van der Waals surface area (Å²) in [4.78, 5) is 53.8. The maximum Gasteiger partial charge on any atom is 0.323 e. The number of carbonyl (C=O) groups excluding carboxylic acids is 3. The highest BCUT2D eigenvalue weighted by Crippen LogP contribution is 2.43. The summed E-state index contributed by atoms with van der Waals surface area (Å²) in [6.07, 6.45) is 0.700. The highest BCUT2D eigenvalue weighted by Gasteiger charge is 2.53. The van der Waals surface area contributed by atoms with E-state index in [0.29, 0.717) is 17.7 Å². The lowest BCUT2D eigenvalue weighted by atomic mass is 9.98. The third kappa shape index (κ3) is 3.05. The van der Waals surface area contributed by atoms with Crippen LogP contribution in [0.5, 0.6) is 0 Å². The first-order valence-corrected chi connectivity index (χ1v) is 8.92. The first kappa shape index (κ1) is 18.9. The molecule has 0 aromatic heterocycles. The number of nitrogens with zero attached hydrogens (tertiary/aromatic N) is 3. The predicted molar refractivity (Wildman–Crippen MR) is 97.1 cm³/mol. The summed E-state index contributed by atoms with van der Waals surface area (Å²) in [6, 6.07) is 6.53. The van der Waals surface area contributed by atoms with E-state index in [1.165, 1.54) is 9.80 Å². The molecule has 1 atom stereocenters. The van der Waals surface area contributed by atoms with E-state index >= 15 is 0 Å². The zero-order valence-electron chi connectivity index (χ0n) is 15.6. The van der Waals surface area contributed by atoms with Gasteiger partial charge in [-0.05, 0) is 39.3 Å². The highest BCUT2D eigenvalue weighted by molar-refractivity contribution is 6.11. The van der Waals surface area contributed by atoms with Crippen LogP contribution in [-0.2, 0) is 14.4 Å². The van der Waals surface area contributed by atoms with Crippen molar-refractivity contribution < 1.29 is 24.3 Å². The van der Waals surface area contributed by atoms with Crippen molar-refractivity contribution in [1.82, 2.24) is 9.80 Å². The van der Waals surface area contributed by atoms with E-state index in [9.17, 15) is 19.2 Å². The van der Waals surface area contributed by atoms with Crippen molar-refractivity contribution in [2.24, 2.45) is 0 Å². The minimum Gasteiger partial charge on any atom is -0.480 e. The van der Waals surface area contributed by atoms with Crippen molar-refractivity contribution in [2.45, 2.75) is 45.3 Å². The number of anilines is 1. The lowest BCUT2D eigenvalue weighted by Crippen LogP contribution is -2.64. The van der Waals surface area contributed by atoms with Gasteiger partial charge in [0.1, 0.15) is 18.8 Å². The number of carbonyl (C=O) groups is 4. The van der Waals surface area contributed by atoms with Crippen molar-refractivity contribution in [2.75, 3.05) is 18.0 Å². The van der Waals surface area contributed by atoms with Crippen LogP contribution in [0.15, 0.2) is 24.3 Å². The number of rotatable bonds is 5. The molecule has 8 heteroatoms. The number of benzene rings is 1. The Labute approximate surface area is 157 Å². The zero-order chi connectivity index (χ0) is 19.9. The number of carboxylic acids is 1. The topological polar surface area (TPSA) is 98.2 Å². The third-order valence-corrected chi connectivity index (χ3v) is 5.29. The van der Waals surface area contributed by atoms with Crippen molar-refractivity contribution in [3.05, 3.63) is 29.8 Å². The van der Waals surface area contributed by atoms with Gasteiger partial charge in [-0.15, -0.1) is 0 Å². The molecule has 0 aliphatic carbocycles. The van der Waals surface area contributed by atoms with Crippen LogP contribution in [0.4, 0.5) is 5.69 Å². The fraction of sp³-hybridized carbons (Fsp3) is 0.474. The molecule has 1 N–H and O–H groups in total. The molecule has 2 aliphatic rings. The molecule has 3 amide bonds. The maximum atomic E-state index is 13.1. The summed E-state index contributed by atoms with van der Waals surface area (Å²) in [7, 11) is 0. The third-order valence-electron chi connectivity index (χ3n) is 5.29. The molecule has 1 aromatic carbocycles. The van der Waals surface area contributed by atoms with Gasteiger partial charge >= 0.3 is 5.97 Å². The van der Waals surface area contributed by atoms with E-state index in [0.717, 1.165) is 0 Å². The van der Waals surface area contributed by atoms with Crippen molar-refractivity contribution in [3.63, 3.8) is 0 Å². The fourth-order valence-electron chi connectivity index (χ4n) is 3.87. The van der Waals surface area contributed by atoms with Crippen LogP contribution in [0.1, 0.15) is 44.0 Å². The van der Waals surface area contributed by atoms with Gasteiger partial charge in [-0.1, -0.05) is 12.1 Å². The minimum atomic E-state index is -1.11. The fourth-order valence-corrected chi connectivity index (χ4v) is 3.87. The predicted octanol–water partition coefficient (Wildman–Crippen LogP) is 1.31. The first-order chi connectivity index (χ1) is 12.7. The Hall–Kier alpha value is -2.90. The number of para-hydroxylation sites is 1. The van der Waals surface area contributed by atoms with Gasteiger partial charge in [-0.25, -0.2) is 0 Å². The Balaban J connectivity index is 1.98. The second-order valence-electron chi connectivity index (χ2n) is 7.36. The van der Waals surface area contributed by atoms with Crippen molar-refractivity contribution in [3.8, 4) is 0 Å². The number of hydrogen-bond donors (Lipinski definition) is 1. The van der Waals surface area contributed by atoms with Crippen LogP contribution in [0.3, 0.4) is 0 Å². The molecule has 1 fully saturated rings. The largest absolute Gasteiger partial charge is 0.480 e. The summed E-state index contributed by atoms with van der Waals surface area (Å²) in [5.41, 5.74) is -0.0147. The monoisotopic (exact) mass is 373 g/mol. The number of amides is 3. The molecule has 144 valence electrons. The van der Waals surface area contributed by atoms with Crippen molar-refractivity contribution in [1.29, 1.82) is 0 Å². The number of carboxylic acid groups (broad SMARTS) is 1. The molecule has 0 bridgehead atoms. The summed E-state index contributed by atoms with van der Waals surface area (Å²) >= 11 is 0. The van der Waals surface area contributed by atoms with Crippen LogP contribution in [-0.4, -0.2) is 63.4 Å². The van der Waals surface area contributed by atoms with Gasteiger partial charge in [0, 0.05) is 12.5 Å². The Bertz CT molecular complexity index is 821. The molecule has 0 radical (unpaired) electrons. The van der Waals surface area contributed by atoms with E-state index in [2.05, 4.69) is 0 Å². The lowest BCUT2D eigenvalue weighted by molar-refractivity contribution is -0.146. The quantitative estimate of drug-likeness (QED) is 0.839. The van der Waals surface area contributed by atoms with Crippen LogP contribution < -0.4 is 4.90 Å². The minimum absolute atomic E-state index is 0.0962. The standard InChI is InChI=1S/C19H23N3O5/c1-12(2)20(11-17(25)26)16(24)10-21-18(27)13-6-4-5-7-14(13)22-15(23)8-9-19(21,22)3/h4-7,12H,8-11H2,1-3H3,(H,25,26). The van der Waals surface area contributed by atoms with E-state index in [4.69, 9.17) is 5.11 Å². The average molecular weight is 373 g/mol. The molecule has 0 spiro atoms. The Morgan fingerprint density at radius 3 is 2.56 bits per heavy atom. The molecule has 1 aromatic rings. The van der Waals surface area contributed by atoms with Crippen LogP contribution >= 0.6 is 0 Å². The number of aliphatic carboxylic acids is 1. The van der Waals surface area contributed by atoms with Crippen LogP contribution in [0.2, 0.25) is 0 Å². The Kier molecular flexibility index (Phi) is 4.67. The Morgan fingerprint density at radius 2 is 1.93 bits per heavy atom. The van der Waals surface area contributed by atoms with Gasteiger partial charge < -0.3 is 14.9 Å². The molecular weight excluding hydrogens is 350 g/mol. The summed E-state index contributed by atoms with van der Waals surface area (Å²) < 4.78 is 0. The molecule has 1 saturated heterocycles. The first-order valence-electron chi connectivity index (χ1n) is 8.92. The van der Waals surface area contributed by atoms with E-state index in [1.54, 1.807) is 49.9 Å². The second-order valence-corrected chi connectivity index (χ2v) is 7.36. The molecule has 2 heterocycles. The summed E-state index contributed by atoms with van der Waals surface area (Å²) in [5, 5.41) is 9.08. The maximum absolute atomic E-state index is 13.1. The van der Waals surface area contributed by atoms with Crippen LogP contribution in [0.25, 0.3) is 0 Å². The highest BCUT2D eigenvalue weighted by atomic mass is 16.4. The van der Waals surface area contributed by atoms with Gasteiger partial charge in [-0.3, -0.25) is 24.1 Å². The average Bonchev–Trinajstić information content (AvgIpc) is 2.92. The van der Waals surface area contributed by atoms with Gasteiger partial charge in [0.2, 0.25) is 11.8 Å². The van der Waals surface area contributed by atoms with Gasteiger partial charge in [0.05, 0.1) is 11.3 Å². The normalized spacial score (nSPS) is 21.3. The molecular formula is C19H23N3O5. The van der Waals surface area contributed by atoms with E-state index in [-0.39, 0.29) is 30.8 Å². The van der Waals surface area contributed by atoms with Gasteiger partial charge in [0.15, 0.2) is 0 Å². The molecule has 0 saturated carbocycles. The molecule has 8 nitrogen and oxygen atoms in total. The second kappa shape index (κ2) is 6.68. The molecule has 2 aliphatic heterocycles.